The normalized spacial score (nSPS) is 10.4. The van der Waals surface area contributed by atoms with Crippen LogP contribution in [-0.4, -0.2) is 6.29 Å². The summed E-state index contributed by atoms with van der Waals surface area (Å²) in [7, 11) is 0. The zero-order chi connectivity index (χ0) is 9.97. The Bertz CT molecular complexity index is 477. The first-order chi connectivity index (χ1) is 6.85. The van der Waals surface area contributed by atoms with Gasteiger partial charge in [0.15, 0.2) is 0 Å². The van der Waals surface area contributed by atoms with Crippen LogP contribution in [0.25, 0.3) is 10.8 Å². The molecule has 70 valence electrons. The summed E-state index contributed by atoms with van der Waals surface area (Å²) in [6, 6.07) is 11.6. The summed E-state index contributed by atoms with van der Waals surface area (Å²) in [5.41, 5.74) is 1.69. The van der Waals surface area contributed by atoms with Crippen molar-refractivity contribution in [3.63, 3.8) is 0 Å². The number of alkyl halides is 1. The number of benzene rings is 2. The van der Waals surface area contributed by atoms with Crippen LogP contribution >= 0.6 is 11.6 Å². The van der Waals surface area contributed by atoms with Gasteiger partial charge in [0.1, 0.15) is 6.29 Å². The zero-order valence-corrected chi connectivity index (χ0v) is 8.29. The number of fused-ring (bicyclic) bond motifs is 1. The molecule has 0 atom stereocenters. The Morgan fingerprint density at radius 3 is 2.71 bits per heavy atom. The summed E-state index contributed by atoms with van der Waals surface area (Å²) < 4.78 is 0. The Morgan fingerprint density at radius 2 is 2.00 bits per heavy atom. The highest BCUT2D eigenvalue weighted by molar-refractivity contribution is 6.18. The van der Waals surface area contributed by atoms with Gasteiger partial charge < -0.3 is 0 Å². The van der Waals surface area contributed by atoms with E-state index in [2.05, 4.69) is 0 Å². The number of rotatable bonds is 2. The molecule has 0 saturated carbocycles. The molecule has 0 heterocycles. The van der Waals surface area contributed by atoms with Crippen LogP contribution < -0.4 is 0 Å². The van der Waals surface area contributed by atoms with E-state index in [-0.39, 0.29) is 0 Å². The molecule has 1 nitrogen and oxygen atoms in total. The summed E-state index contributed by atoms with van der Waals surface area (Å²) >= 11 is 5.82. The van der Waals surface area contributed by atoms with E-state index >= 15 is 0 Å². The number of halogens is 1. The molecule has 0 N–H and O–H groups in total. The standard InChI is InChI=1S/C12H9ClO/c13-7-11-6-9(8-14)5-10-3-1-2-4-12(10)11/h1-6,8H,7H2. The van der Waals surface area contributed by atoms with E-state index in [4.69, 9.17) is 11.6 Å². The van der Waals surface area contributed by atoms with Crippen molar-refractivity contribution in [1.82, 2.24) is 0 Å². The van der Waals surface area contributed by atoms with Gasteiger partial charge in [0.05, 0.1) is 0 Å². The number of carbonyl (C=O) groups excluding carboxylic acids is 1. The molecular formula is C12H9ClO. The lowest BCUT2D eigenvalue weighted by atomic mass is 10.0. The largest absolute Gasteiger partial charge is 0.298 e. The maximum atomic E-state index is 10.7. The van der Waals surface area contributed by atoms with Gasteiger partial charge in [0.25, 0.3) is 0 Å². The van der Waals surface area contributed by atoms with Gasteiger partial charge in [-0.2, -0.15) is 0 Å². The van der Waals surface area contributed by atoms with Crippen LogP contribution in [0.4, 0.5) is 0 Å². The maximum absolute atomic E-state index is 10.7. The summed E-state index contributed by atoms with van der Waals surface area (Å²) in [6.45, 7) is 0. The van der Waals surface area contributed by atoms with E-state index in [1.54, 1.807) is 0 Å². The fourth-order valence-electron chi connectivity index (χ4n) is 1.59. The summed E-state index contributed by atoms with van der Waals surface area (Å²) in [4.78, 5) is 10.7. The molecule has 0 amide bonds. The smallest absolute Gasteiger partial charge is 0.150 e. The molecule has 0 unspecified atom stereocenters. The summed E-state index contributed by atoms with van der Waals surface area (Å²) in [6.07, 6.45) is 0.850. The highest BCUT2D eigenvalue weighted by atomic mass is 35.5. The van der Waals surface area contributed by atoms with Crippen LogP contribution in [0, 0.1) is 0 Å². The molecule has 0 aromatic heterocycles. The molecule has 2 rings (SSSR count). The molecule has 0 aliphatic carbocycles. The molecule has 0 bridgehead atoms. The molecule has 2 aromatic rings. The van der Waals surface area contributed by atoms with Gasteiger partial charge in [0.2, 0.25) is 0 Å². The van der Waals surface area contributed by atoms with Crippen molar-refractivity contribution < 1.29 is 4.79 Å². The van der Waals surface area contributed by atoms with Crippen molar-refractivity contribution in [2.75, 3.05) is 0 Å². The predicted octanol–water partition coefficient (Wildman–Crippen LogP) is 3.39. The topological polar surface area (TPSA) is 17.1 Å². The third-order valence-corrected chi connectivity index (χ3v) is 2.54. The van der Waals surface area contributed by atoms with Crippen LogP contribution in [0.3, 0.4) is 0 Å². The van der Waals surface area contributed by atoms with E-state index in [1.165, 1.54) is 0 Å². The fourth-order valence-corrected chi connectivity index (χ4v) is 1.82. The van der Waals surface area contributed by atoms with Crippen molar-refractivity contribution in [3.05, 3.63) is 47.5 Å². The molecule has 0 fully saturated rings. The average molecular weight is 205 g/mol. The Hall–Kier alpha value is -1.34. The number of hydrogen-bond acceptors (Lipinski definition) is 1. The molecule has 0 saturated heterocycles. The number of hydrogen-bond donors (Lipinski definition) is 0. The van der Waals surface area contributed by atoms with Crippen LogP contribution in [0.1, 0.15) is 15.9 Å². The van der Waals surface area contributed by atoms with Gasteiger partial charge in [-0.25, -0.2) is 0 Å². The molecule has 14 heavy (non-hydrogen) atoms. The van der Waals surface area contributed by atoms with Crippen LogP contribution in [0.5, 0.6) is 0 Å². The first kappa shape index (κ1) is 9.22. The van der Waals surface area contributed by atoms with E-state index in [9.17, 15) is 4.79 Å². The first-order valence-electron chi connectivity index (χ1n) is 4.38. The SMILES string of the molecule is O=Cc1cc(CCl)c2ccccc2c1. The minimum Gasteiger partial charge on any atom is -0.298 e. The second-order valence-electron chi connectivity index (χ2n) is 3.15. The molecular weight excluding hydrogens is 196 g/mol. The second-order valence-corrected chi connectivity index (χ2v) is 3.42. The monoisotopic (exact) mass is 204 g/mol. The van der Waals surface area contributed by atoms with E-state index < -0.39 is 0 Å². The van der Waals surface area contributed by atoms with Gasteiger partial charge in [-0.1, -0.05) is 24.3 Å². The molecule has 0 aliphatic rings. The van der Waals surface area contributed by atoms with Gasteiger partial charge in [-0.15, -0.1) is 11.6 Å². The number of aldehydes is 1. The zero-order valence-electron chi connectivity index (χ0n) is 7.53. The lowest BCUT2D eigenvalue weighted by Crippen LogP contribution is -1.87. The minimum atomic E-state index is 0.433. The predicted molar refractivity (Wildman–Crippen MR) is 58.9 cm³/mol. The van der Waals surface area contributed by atoms with Crippen LogP contribution in [0.15, 0.2) is 36.4 Å². The highest BCUT2D eigenvalue weighted by Gasteiger charge is 2.01. The average Bonchev–Trinajstić information content (AvgIpc) is 2.27. The lowest BCUT2D eigenvalue weighted by Gasteiger charge is -2.04. The van der Waals surface area contributed by atoms with Gasteiger partial charge in [-0.3, -0.25) is 4.79 Å². The van der Waals surface area contributed by atoms with E-state index in [0.29, 0.717) is 11.4 Å². The minimum absolute atomic E-state index is 0.433. The fraction of sp³-hybridized carbons (Fsp3) is 0.0833. The Labute approximate surface area is 87.3 Å². The van der Waals surface area contributed by atoms with Crippen molar-refractivity contribution in [2.45, 2.75) is 5.88 Å². The third kappa shape index (κ3) is 1.51. The van der Waals surface area contributed by atoms with Crippen LogP contribution in [-0.2, 0) is 5.88 Å². The second kappa shape index (κ2) is 3.81. The Morgan fingerprint density at radius 1 is 1.21 bits per heavy atom. The quantitative estimate of drug-likeness (QED) is 0.541. The summed E-state index contributed by atoms with van der Waals surface area (Å²) in [5, 5.41) is 2.18. The van der Waals surface area contributed by atoms with Crippen molar-refractivity contribution in [2.24, 2.45) is 0 Å². The summed E-state index contributed by atoms with van der Waals surface area (Å²) in [5.74, 6) is 0.433. The van der Waals surface area contributed by atoms with E-state index in [0.717, 1.165) is 22.6 Å². The van der Waals surface area contributed by atoms with Crippen molar-refractivity contribution >= 4 is 28.7 Å². The van der Waals surface area contributed by atoms with Crippen molar-refractivity contribution in [3.8, 4) is 0 Å². The Kier molecular flexibility index (Phi) is 2.51. The maximum Gasteiger partial charge on any atom is 0.150 e. The molecule has 0 radical (unpaired) electrons. The van der Waals surface area contributed by atoms with Crippen molar-refractivity contribution in [1.29, 1.82) is 0 Å². The van der Waals surface area contributed by atoms with Gasteiger partial charge in [-0.05, 0) is 28.5 Å². The van der Waals surface area contributed by atoms with Gasteiger partial charge in [0, 0.05) is 11.4 Å². The highest BCUT2D eigenvalue weighted by Crippen LogP contribution is 2.21. The lowest BCUT2D eigenvalue weighted by molar-refractivity contribution is 0.112. The first-order valence-corrected chi connectivity index (χ1v) is 4.91. The van der Waals surface area contributed by atoms with Crippen LogP contribution in [0.2, 0.25) is 0 Å². The van der Waals surface area contributed by atoms with Gasteiger partial charge >= 0.3 is 0 Å². The number of carbonyl (C=O) groups is 1. The molecule has 0 aliphatic heterocycles. The Balaban J connectivity index is 2.79. The molecule has 0 spiro atoms. The molecule has 2 aromatic carbocycles. The molecule has 2 heteroatoms. The third-order valence-electron chi connectivity index (χ3n) is 2.25. The van der Waals surface area contributed by atoms with E-state index in [1.807, 2.05) is 36.4 Å².